The van der Waals surface area contributed by atoms with E-state index in [4.69, 9.17) is 23.1 Å². The predicted molar refractivity (Wildman–Crippen MR) is 71.7 cm³/mol. The number of hydrogen-bond acceptors (Lipinski definition) is 3. The minimum absolute atomic E-state index is 0.184. The third-order valence-electron chi connectivity index (χ3n) is 3.23. The van der Waals surface area contributed by atoms with Crippen LogP contribution in [0.1, 0.15) is 0 Å². The van der Waals surface area contributed by atoms with Gasteiger partial charge in [0.25, 0.3) is 0 Å². The second-order valence-electron chi connectivity index (χ2n) is 5.34. The molecular formula is C12H6ClF13N2O. The lowest BCUT2D eigenvalue weighted by Crippen LogP contribution is -2.70. The fourth-order valence-corrected chi connectivity index (χ4v) is 1.82. The molecule has 0 atom stereocenters. The lowest BCUT2D eigenvalue weighted by atomic mass is 9.97. The van der Waals surface area contributed by atoms with Gasteiger partial charge in [-0.3, -0.25) is 0 Å². The number of nitrogens with two attached hydrogens (primary N) is 2. The zero-order valence-corrected chi connectivity index (χ0v) is 13.8. The van der Waals surface area contributed by atoms with Crippen molar-refractivity contribution >= 4 is 23.0 Å². The Hall–Kier alpha value is -2.00. The zero-order valence-electron chi connectivity index (χ0n) is 13.0. The molecule has 3 nitrogen and oxygen atoms in total. The van der Waals surface area contributed by atoms with Crippen molar-refractivity contribution in [1.82, 2.24) is 0 Å². The Bertz CT molecular complexity index is 778. The van der Waals surface area contributed by atoms with E-state index in [0.717, 1.165) is 6.07 Å². The third-order valence-corrected chi connectivity index (χ3v) is 3.64. The van der Waals surface area contributed by atoms with Crippen molar-refractivity contribution in [2.45, 2.75) is 36.0 Å². The molecule has 1 rings (SSSR count). The van der Waals surface area contributed by atoms with Crippen LogP contribution in [0.25, 0.3) is 0 Å². The molecule has 4 N–H and O–H groups in total. The molecule has 1 aromatic rings. The van der Waals surface area contributed by atoms with Crippen LogP contribution in [0.15, 0.2) is 12.1 Å². The fourth-order valence-electron chi connectivity index (χ4n) is 1.67. The summed E-state index contributed by atoms with van der Waals surface area (Å²) in [6.45, 7) is 0. The van der Waals surface area contributed by atoms with Crippen LogP contribution < -0.4 is 16.2 Å². The number of ether oxygens (including phenoxy) is 1. The highest BCUT2D eigenvalue weighted by Crippen LogP contribution is 2.60. The van der Waals surface area contributed by atoms with E-state index in [-0.39, 0.29) is 6.07 Å². The van der Waals surface area contributed by atoms with Crippen molar-refractivity contribution in [3.05, 3.63) is 17.2 Å². The first-order valence-electron chi connectivity index (χ1n) is 6.54. The number of alkyl halides is 13. The lowest BCUT2D eigenvalue weighted by molar-refractivity contribution is -0.456. The average molecular weight is 477 g/mol. The van der Waals surface area contributed by atoms with Crippen molar-refractivity contribution in [2.24, 2.45) is 0 Å². The summed E-state index contributed by atoms with van der Waals surface area (Å²) in [5, 5.41) is -1.16. The van der Waals surface area contributed by atoms with Crippen LogP contribution in [-0.2, 0) is 0 Å². The van der Waals surface area contributed by atoms with Gasteiger partial charge in [0, 0.05) is 11.8 Å². The minimum Gasteiger partial charge on any atom is -0.426 e. The molecule has 29 heavy (non-hydrogen) atoms. The maximum Gasteiger partial charge on any atom is 0.471 e. The highest BCUT2D eigenvalue weighted by Gasteiger charge is 2.91. The van der Waals surface area contributed by atoms with E-state index in [1.54, 1.807) is 0 Å². The molecule has 0 saturated carbocycles. The Balaban J connectivity index is 3.51. The molecule has 17 heteroatoms. The topological polar surface area (TPSA) is 61.3 Å². The normalized spacial score (nSPS) is 14.8. The van der Waals surface area contributed by atoms with Gasteiger partial charge in [-0.2, -0.15) is 57.1 Å². The molecule has 0 amide bonds. The Morgan fingerprint density at radius 1 is 0.655 bits per heavy atom. The molecule has 0 heterocycles. The van der Waals surface area contributed by atoms with Gasteiger partial charge in [0.1, 0.15) is 10.8 Å². The van der Waals surface area contributed by atoms with Crippen LogP contribution in [0.3, 0.4) is 0 Å². The van der Waals surface area contributed by atoms with Crippen LogP contribution in [0.4, 0.5) is 68.5 Å². The SMILES string of the molecule is Nc1cc(N)c(Cl)c(OC(F)(F)C(F)(F)C(F)(F)C(F)(F)C(F)(F)C(F)(F)F)c1. The Morgan fingerprint density at radius 2 is 1.07 bits per heavy atom. The summed E-state index contributed by atoms with van der Waals surface area (Å²) < 4.78 is 171. The molecule has 0 saturated heterocycles. The molecule has 1 aromatic carbocycles. The molecule has 0 aromatic heterocycles. The molecule has 0 aliphatic carbocycles. The van der Waals surface area contributed by atoms with E-state index in [1.807, 2.05) is 0 Å². The number of halogens is 14. The number of nitrogen functional groups attached to an aromatic ring is 2. The second-order valence-corrected chi connectivity index (χ2v) is 5.71. The smallest absolute Gasteiger partial charge is 0.426 e. The first-order valence-corrected chi connectivity index (χ1v) is 6.91. The van der Waals surface area contributed by atoms with Gasteiger partial charge in [-0.1, -0.05) is 11.6 Å². The maximum atomic E-state index is 13.6. The van der Waals surface area contributed by atoms with Crippen molar-refractivity contribution in [2.75, 3.05) is 11.5 Å². The Morgan fingerprint density at radius 3 is 1.48 bits per heavy atom. The van der Waals surface area contributed by atoms with Gasteiger partial charge in [0.15, 0.2) is 0 Å². The van der Waals surface area contributed by atoms with Crippen LogP contribution in [0, 0.1) is 0 Å². The molecule has 168 valence electrons. The van der Waals surface area contributed by atoms with Crippen LogP contribution in [-0.4, -0.2) is 36.0 Å². The van der Waals surface area contributed by atoms with E-state index in [2.05, 4.69) is 4.74 Å². The molecule has 0 unspecified atom stereocenters. The number of hydrogen-bond donors (Lipinski definition) is 2. The second kappa shape index (κ2) is 6.77. The molecule has 0 spiro atoms. The quantitative estimate of drug-likeness (QED) is 0.416. The predicted octanol–water partition coefficient (Wildman–Crippen LogP) is 5.58. The fraction of sp³-hybridized carbons (Fsp3) is 0.500. The van der Waals surface area contributed by atoms with Gasteiger partial charge in [-0.25, -0.2) is 0 Å². The lowest BCUT2D eigenvalue weighted by Gasteiger charge is -2.39. The summed E-state index contributed by atoms with van der Waals surface area (Å²) in [6, 6.07) is 0.918. The minimum atomic E-state index is -8.03. The maximum absolute atomic E-state index is 13.6. The highest BCUT2D eigenvalue weighted by atomic mass is 35.5. The summed E-state index contributed by atoms with van der Waals surface area (Å²) >= 11 is 5.27. The summed E-state index contributed by atoms with van der Waals surface area (Å²) in [6.07, 6.45) is -14.3. The van der Waals surface area contributed by atoms with E-state index >= 15 is 0 Å². The van der Waals surface area contributed by atoms with Crippen molar-refractivity contribution in [3.8, 4) is 5.75 Å². The molecule has 0 aliphatic heterocycles. The summed E-state index contributed by atoms with van der Waals surface area (Å²) in [4.78, 5) is 0. The van der Waals surface area contributed by atoms with E-state index < -0.39 is 58.1 Å². The molecular weight excluding hydrogens is 471 g/mol. The molecule has 0 aliphatic rings. The highest BCUT2D eigenvalue weighted by molar-refractivity contribution is 6.34. The molecule has 0 bridgehead atoms. The molecule has 0 fully saturated rings. The van der Waals surface area contributed by atoms with Gasteiger partial charge < -0.3 is 16.2 Å². The largest absolute Gasteiger partial charge is 0.471 e. The van der Waals surface area contributed by atoms with Crippen molar-refractivity contribution in [1.29, 1.82) is 0 Å². The van der Waals surface area contributed by atoms with Crippen LogP contribution >= 0.6 is 11.6 Å². The van der Waals surface area contributed by atoms with Gasteiger partial charge in [-0.15, -0.1) is 0 Å². The van der Waals surface area contributed by atoms with Gasteiger partial charge >= 0.3 is 36.0 Å². The van der Waals surface area contributed by atoms with Crippen LogP contribution in [0.5, 0.6) is 5.75 Å². The van der Waals surface area contributed by atoms with E-state index in [1.165, 1.54) is 0 Å². The van der Waals surface area contributed by atoms with Crippen molar-refractivity contribution < 1.29 is 61.8 Å². The Kier molecular flexibility index (Phi) is 5.84. The number of anilines is 2. The summed E-state index contributed by atoms with van der Waals surface area (Å²) in [7, 11) is 0. The van der Waals surface area contributed by atoms with Crippen molar-refractivity contribution in [3.63, 3.8) is 0 Å². The average Bonchev–Trinajstić information content (AvgIpc) is 2.49. The third kappa shape index (κ3) is 3.66. The summed E-state index contributed by atoms with van der Waals surface area (Å²) in [5.41, 5.74) is 8.78. The van der Waals surface area contributed by atoms with Gasteiger partial charge in [0.2, 0.25) is 0 Å². The standard InChI is InChI=1S/C12H6ClF13N2O/c13-6-4(28)1-3(27)2-5(6)29-12(25,26)10(20,21)8(16,17)7(14,15)9(18,19)11(22,23)24/h1-2H,27-28H2. The first kappa shape index (κ1) is 25.0. The molecule has 0 radical (unpaired) electrons. The monoisotopic (exact) mass is 476 g/mol. The number of benzene rings is 1. The van der Waals surface area contributed by atoms with E-state index in [0.29, 0.717) is 0 Å². The summed E-state index contributed by atoms with van der Waals surface area (Å²) in [5.74, 6) is -33.2. The van der Waals surface area contributed by atoms with E-state index in [9.17, 15) is 57.1 Å². The van der Waals surface area contributed by atoms with Gasteiger partial charge in [-0.05, 0) is 6.07 Å². The van der Waals surface area contributed by atoms with Gasteiger partial charge in [0.05, 0.1) is 5.69 Å². The first-order chi connectivity index (χ1) is 12.5. The number of rotatable bonds is 6. The Labute approximate surface area is 156 Å². The van der Waals surface area contributed by atoms with Crippen LogP contribution in [0.2, 0.25) is 5.02 Å². The zero-order chi connectivity index (χ0) is 23.4.